The number of guanidine groups is 1. The molecule has 0 radical (unpaired) electrons. The summed E-state index contributed by atoms with van der Waals surface area (Å²) in [6, 6.07) is 10.3. The largest absolute Gasteiger partial charge is 0.466 e. The van der Waals surface area contributed by atoms with Gasteiger partial charge >= 0.3 is 5.97 Å². The molecule has 3 rings (SSSR count). The van der Waals surface area contributed by atoms with Crippen LogP contribution in [0.3, 0.4) is 0 Å². The summed E-state index contributed by atoms with van der Waals surface area (Å²) < 4.78 is 7.12. The summed E-state index contributed by atoms with van der Waals surface area (Å²) in [6.45, 7) is 5.22. The van der Waals surface area contributed by atoms with Crippen molar-refractivity contribution in [1.29, 1.82) is 0 Å². The van der Waals surface area contributed by atoms with Gasteiger partial charge in [-0.25, -0.2) is 0 Å². The number of ether oxygens (including phenoxy) is 1. The zero-order valence-corrected chi connectivity index (χ0v) is 19.4. The zero-order chi connectivity index (χ0) is 19.8. The lowest BCUT2D eigenvalue weighted by Crippen LogP contribution is -2.48. The van der Waals surface area contributed by atoms with E-state index in [4.69, 9.17) is 4.74 Å². The van der Waals surface area contributed by atoms with Gasteiger partial charge in [0.25, 0.3) is 0 Å². The van der Waals surface area contributed by atoms with Gasteiger partial charge in [0.2, 0.25) is 0 Å². The molecule has 1 aromatic carbocycles. The highest BCUT2D eigenvalue weighted by Gasteiger charge is 2.28. The molecule has 0 aliphatic carbocycles. The van der Waals surface area contributed by atoms with Crippen molar-refractivity contribution in [1.82, 2.24) is 20.0 Å². The van der Waals surface area contributed by atoms with E-state index in [2.05, 4.69) is 32.4 Å². The number of carbonyl (C=O) groups is 1. The molecule has 0 bridgehead atoms. The molecule has 1 saturated heterocycles. The van der Waals surface area contributed by atoms with Crippen LogP contribution in [0.15, 0.2) is 47.7 Å². The van der Waals surface area contributed by atoms with Gasteiger partial charge < -0.3 is 15.0 Å². The number of esters is 1. The first-order chi connectivity index (χ1) is 13.7. The number of halogens is 1. The van der Waals surface area contributed by atoms with Gasteiger partial charge in [0.05, 0.1) is 19.1 Å². The number of benzene rings is 1. The third-order valence-electron chi connectivity index (χ3n) is 5.00. The molecular weight excluding hydrogens is 481 g/mol. The standard InChI is InChI=1S/C21H29N5O2.HI/c1-3-28-20(27)19-10-6-12-25(15-19)21(22-2)23-14-17-8-4-5-9-18(17)16-26-13-7-11-24-26;/h4-5,7-9,11,13,19H,3,6,10,12,14-16H2,1-2H3,(H,22,23);1H. The molecular formula is C21H30IN5O2. The Kier molecular flexibility index (Phi) is 9.43. The molecule has 0 saturated carbocycles. The smallest absolute Gasteiger partial charge is 0.310 e. The van der Waals surface area contributed by atoms with E-state index in [9.17, 15) is 4.79 Å². The first kappa shape index (κ1) is 23.2. The molecule has 1 atom stereocenters. The molecule has 0 spiro atoms. The van der Waals surface area contributed by atoms with Gasteiger partial charge in [-0.05, 0) is 37.0 Å². The Hall–Kier alpha value is -2.10. The number of rotatable bonds is 6. The summed E-state index contributed by atoms with van der Waals surface area (Å²) in [7, 11) is 1.78. The Morgan fingerprint density at radius 3 is 2.79 bits per heavy atom. The molecule has 2 aromatic rings. The van der Waals surface area contributed by atoms with E-state index in [1.165, 1.54) is 11.1 Å². The van der Waals surface area contributed by atoms with Crippen LogP contribution >= 0.6 is 24.0 Å². The van der Waals surface area contributed by atoms with Crippen LogP contribution in [-0.4, -0.2) is 53.4 Å². The van der Waals surface area contributed by atoms with Crippen LogP contribution < -0.4 is 5.32 Å². The van der Waals surface area contributed by atoms with Crippen LogP contribution in [0.5, 0.6) is 0 Å². The lowest BCUT2D eigenvalue weighted by atomic mass is 9.98. The maximum absolute atomic E-state index is 12.1. The number of nitrogens with one attached hydrogen (secondary N) is 1. The fourth-order valence-electron chi connectivity index (χ4n) is 3.58. The summed E-state index contributed by atoms with van der Waals surface area (Å²) in [4.78, 5) is 18.7. The highest BCUT2D eigenvalue weighted by atomic mass is 127. The van der Waals surface area contributed by atoms with Crippen molar-refractivity contribution < 1.29 is 9.53 Å². The summed E-state index contributed by atoms with van der Waals surface area (Å²) >= 11 is 0. The number of hydrogen-bond donors (Lipinski definition) is 1. The summed E-state index contributed by atoms with van der Waals surface area (Å²) in [5.74, 6) is 0.634. The van der Waals surface area contributed by atoms with Gasteiger partial charge in [-0.2, -0.15) is 5.10 Å². The van der Waals surface area contributed by atoms with Crippen LogP contribution in [0.1, 0.15) is 30.9 Å². The normalized spacial score (nSPS) is 16.8. The van der Waals surface area contributed by atoms with Gasteiger partial charge in [0, 0.05) is 39.1 Å². The number of aliphatic imine (C=N–C) groups is 1. The molecule has 0 amide bonds. The molecule has 29 heavy (non-hydrogen) atoms. The number of likely N-dealkylation sites (tertiary alicyclic amines) is 1. The second-order valence-electron chi connectivity index (χ2n) is 6.91. The van der Waals surface area contributed by atoms with E-state index < -0.39 is 0 Å². The van der Waals surface area contributed by atoms with Crippen LogP contribution in [-0.2, 0) is 22.6 Å². The lowest BCUT2D eigenvalue weighted by Gasteiger charge is -2.34. The van der Waals surface area contributed by atoms with E-state index in [-0.39, 0.29) is 35.9 Å². The van der Waals surface area contributed by atoms with E-state index in [0.29, 0.717) is 19.7 Å². The molecule has 158 valence electrons. The average molecular weight is 511 g/mol. The monoisotopic (exact) mass is 511 g/mol. The van der Waals surface area contributed by atoms with Gasteiger partial charge in [-0.15, -0.1) is 24.0 Å². The van der Waals surface area contributed by atoms with Crippen LogP contribution in [0.2, 0.25) is 0 Å². The Bertz CT molecular complexity index is 794. The van der Waals surface area contributed by atoms with Crippen molar-refractivity contribution in [3.8, 4) is 0 Å². The first-order valence-corrected chi connectivity index (χ1v) is 9.87. The van der Waals surface area contributed by atoms with Crippen LogP contribution in [0.4, 0.5) is 0 Å². The van der Waals surface area contributed by atoms with Crippen molar-refractivity contribution in [3.63, 3.8) is 0 Å². The van der Waals surface area contributed by atoms with Crippen LogP contribution in [0, 0.1) is 5.92 Å². The molecule has 1 aliphatic heterocycles. The van der Waals surface area contributed by atoms with Crippen molar-refractivity contribution in [2.45, 2.75) is 32.9 Å². The fourth-order valence-corrected chi connectivity index (χ4v) is 3.58. The van der Waals surface area contributed by atoms with Crippen molar-refractivity contribution in [2.75, 3.05) is 26.7 Å². The van der Waals surface area contributed by atoms with Crippen molar-refractivity contribution in [3.05, 3.63) is 53.9 Å². The number of aromatic nitrogens is 2. The molecule has 1 aliphatic rings. The van der Waals surface area contributed by atoms with Crippen LogP contribution in [0.25, 0.3) is 0 Å². The van der Waals surface area contributed by atoms with E-state index in [0.717, 1.165) is 31.9 Å². The molecule has 8 heteroatoms. The maximum atomic E-state index is 12.1. The minimum absolute atomic E-state index is 0. The summed E-state index contributed by atoms with van der Waals surface area (Å²) in [6.07, 6.45) is 5.59. The number of carbonyl (C=O) groups excluding carboxylic acids is 1. The molecule has 1 N–H and O–H groups in total. The topological polar surface area (TPSA) is 71.8 Å². The van der Waals surface area contributed by atoms with Crippen molar-refractivity contribution in [2.24, 2.45) is 10.9 Å². The number of nitrogens with zero attached hydrogens (tertiary/aromatic N) is 4. The highest BCUT2D eigenvalue weighted by Crippen LogP contribution is 2.18. The predicted octanol–water partition coefficient (Wildman–Crippen LogP) is 2.90. The number of hydrogen-bond acceptors (Lipinski definition) is 4. The molecule has 1 aromatic heterocycles. The van der Waals surface area contributed by atoms with Crippen molar-refractivity contribution >= 4 is 35.9 Å². The van der Waals surface area contributed by atoms with Gasteiger partial charge in [-0.1, -0.05) is 24.3 Å². The van der Waals surface area contributed by atoms with E-state index in [1.54, 1.807) is 13.2 Å². The van der Waals surface area contributed by atoms with E-state index >= 15 is 0 Å². The first-order valence-electron chi connectivity index (χ1n) is 9.87. The summed E-state index contributed by atoms with van der Waals surface area (Å²) in [5, 5.41) is 7.76. The minimum Gasteiger partial charge on any atom is -0.466 e. The maximum Gasteiger partial charge on any atom is 0.310 e. The SMILES string of the molecule is CCOC(=O)C1CCCN(C(=NC)NCc2ccccc2Cn2cccn2)C1.I. The van der Waals surface area contributed by atoms with Gasteiger partial charge in [0.15, 0.2) is 5.96 Å². The second kappa shape index (κ2) is 11.8. The Labute approximate surface area is 189 Å². The average Bonchev–Trinajstić information content (AvgIpc) is 3.23. The molecule has 7 nitrogen and oxygen atoms in total. The molecule has 2 heterocycles. The summed E-state index contributed by atoms with van der Waals surface area (Å²) in [5.41, 5.74) is 2.43. The quantitative estimate of drug-likeness (QED) is 0.280. The van der Waals surface area contributed by atoms with Gasteiger partial charge in [0.1, 0.15) is 0 Å². The Balaban J connectivity index is 0.00000300. The third-order valence-corrected chi connectivity index (χ3v) is 5.00. The lowest BCUT2D eigenvalue weighted by molar-refractivity contribution is -0.149. The predicted molar refractivity (Wildman–Crippen MR) is 124 cm³/mol. The number of piperidine rings is 1. The zero-order valence-electron chi connectivity index (χ0n) is 17.1. The highest BCUT2D eigenvalue weighted by molar-refractivity contribution is 14.0. The second-order valence-corrected chi connectivity index (χ2v) is 6.91. The molecule has 1 unspecified atom stereocenters. The minimum atomic E-state index is -0.104. The van der Waals surface area contributed by atoms with Gasteiger partial charge in [-0.3, -0.25) is 14.5 Å². The fraction of sp³-hybridized carbons (Fsp3) is 0.476. The third kappa shape index (κ3) is 6.45. The van der Waals surface area contributed by atoms with E-state index in [1.807, 2.05) is 36.0 Å². The Morgan fingerprint density at radius 2 is 2.10 bits per heavy atom. The molecule has 1 fully saturated rings. The Morgan fingerprint density at radius 1 is 1.31 bits per heavy atom.